The first-order chi connectivity index (χ1) is 13.0. The van der Waals surface area contributed by atoms with Gasteiger partial charge in [0.25, 0.3) is 5.91 Å². The summed E-state index contributed by atoms with van der Waals surface area (Å²) in [5.41, 5.74) is 1.76. The number of ether oxygens (including phenoxy) is 1. The Morgan fingerprint density at radius 3 is 2.81 bits per heavy atom. The second-order valence-electron chi connectivity index (χ2n) is 7.26. The van der Waals surface area contributed by atoms with E-state index in [1.165, 1.54) is 12.3 Å². The van der Waals surface area contributed by atoms with Gasteiger partial charge in [-0.2, -0.15) is 0 Å². The molecule has 8 heteroatoms. The monoisotopic (exact) mass is 369 g/mol. The molecule has 0 bridgehead atoms. The van der Waals surface area contributed by atoms with Crippen LogP contribution in [-0.4, -0.2) is 59.6 Å². The average Bonchev–Trinajstić information content (AvgIpc) is 2.68. The molecule has 0 aliphatic carbocycles. The van der Waals surface area contributed by atoms with Gasteiger partial charge in [0.1, 0.15) is 5.60 Å². The van der Waals surface area contributed by atoms with Crippen molar-refractivity contribution in [3.05, 3.63) is 51.7 Å². The normalized spacial score (nSPS) is 18.2. The molecule has 1 spiro atoms. The van der Waals surface area contributed by atoms with Crippen LogP contribution in [0.2, 0.25) is 0 Å². The number of rotatable bonds is 2. The van der Waals surface area contributed by atoms with Crippen molar-refractivity contribution in [1.29, 1.82) is 0 Å². The number of hydrogen-bond donors (Lipinski definition) is 1. The Morgan fingerprint density at radius 1 is 1.33 bits per heavy atom. The second-order valence-corrected chi connectivity index (χ2v) is 7.26. The van der Waals surface area contributed by atoms with Gasteiger partial charge in [-0.15, -0.1) is 0 Å². The number of fused-ring (bicyclic) bond motifs is 2. The molecule has 1 fully saturated rings. The molecule has 0 unspecified atom stereocenters. The summed E-state index contributed by atoms with van der Waals surface area (Å²) in [6, 6.07) is 2.98. The Labute approximate surface area is 157 Å². The van der Waals surface area contributed by atoms with Crippen LogP contribution in [0.1, 0.15) is 34.5 Å². The minimum absolute atomic E-state index is 0.122. The quantitative estimate of drug-likeness (QED) is 0.847. The molecule has 2 aromatic rings. The number of amides is 1. The van der Waals surface area contributed by atoms with Gasteiger partial charge in [0, 0.05) is 51.2 Å². The van der Waals surface area contributed by atoms with Crippen LogP contribution in [0.3, 0.4) is 0 Å². The van der Waals surface area contributed by atoms with Crippen LogP contribution < -0.4 is 10.5 Å². The number of carbonyl (C=O) groups is 1. The van der Waals surface area contributed by atoms with Crippen LogP contribution in [-0.2, 0) is 16.8 Å². The topological polar surface area (TPSA) is 91.4 Å². The van der Waals surface area contributed by atoms with Gasteiger partial charge in [0.15, 0.2) is 0 Å². The highest BCUT2D eigenvalue weighted by atomic mass is 16.5. The number of piperidine rings is 1. The van der Waals surface area contributed by atoms with Gasteiger partial charge in [-0.1, -0.05) is 0 Å². The third-order valence-electron chi connectivity index (χ3n) is 5.31. The van der Waals surface area contributed by atoms with Gasteiger partial charge >= 0.3 is 0 Å². The number of pyridine rings is 1. The van der Waals surface area contributed by atoms with E-state index in [1.807, 2.05) is 25.2 Å². The lowest BCUT2D eigenvalue weighted by Crippen LogP contribution is -2.49. The molecule has 0 saturated carbocycles. The molecule has 1 saturated heterocycles. The summed E-state index contributed by atoms with van der Waals surface area (Å²) in [5, 5.41) is 0. The van der Waals surface area contributed by atoms with Gasteiger partial charge < -0.3 is 19.5 Å². The maximum absolute atomic E-state index is 12.7. The van der Waals surface area contributed by atoms with Crippen LogP contribution in [0.5, 0.6) is 0 Å². The van der Waals surface area contributed by atoms with Crippen molar-refractivity contribution < 1.29 is 9.53 Å². The number of carbonyl (C=O) groups excluding carboxylic acids is 1. The molecule has 0 atom stereocenters. The Hall–Kier alpha value is -2.74. The summed E-state index contributed by atoms with van der Waals surface area (Å²) in [6.45, 7) is 1.76. The second kappa shape index (κ2) is 6.77. The van der Waals surface area contributed by atoms with Crippen LogP contribution in [0.15, 0.2) is 29.3 Å². The van der Waals surface area contributed by atoms with Crippen molar-refractivity contribution in [2.45, 2.75) is 24.9 Å². The predicted molar refractivity (Wildman–Crippen MR) is 99.9 cm³/mol. The first-order valence-electron chi connectivity index (χ1n) is 9.14. The fourth-order valence-electron chi connectivity index (χ4n) is 3.83. The summed E-state index contributed by atoms with van der Waals surface area (Å²) in [6.07, 6.45) is 5.56. The number of aromatic nitrogens is 3. The largest absolute Gasteiger partial charge is 0.368 e. The Bertz CT molecular complexity index is 916. The van der Waals surface area contributed by atoms with Crippen molar-refractivity contribution in [2.24, 2.45) is 0 Å². The number of anilines is 1. The molecule has 142 valence electrons. The van der Waals surface area contributed by atoms with E-state index < -0.39 is 5.60 Å². The van der Waals surface area contributed by atoms with Gasteiger partial charge in [-0.3, -0.25) is 9.59 Å². The summed E-state index contributed by atoms with van der Waals surface area (Å²) in [4.78, 5) is 39.6. The molecule has 4 heterocycles. The zero-order valence-electron chi connectivity index (χ0n) is 15.6. The summed E-state index contributed by atoms with van der Waals surface area (Å²) in [5.74, 6) is 0.546. The van der Waals surface area contributed by atoms with Gasteiger partial charge in [-0.25, -0.2) is 9.97 Å². The SMILES string of the molecule is CN(C)c1ncc2c(n1)C1(CCN(C(=O)c3cc[nH]c(=O)c3)CC1)OCC2. The molecule has 0 aromatic carbocycles. The van der Waals surface area contributed by atoms with Crippen molar-refractivity contribution in [1.82, 2.24) is 19.9 Å². The Kier molecular flexibility index (Phi) is 4.43. The molecule has 2 aliphatic heterocycles. The van der Waals surface area contributed by atoms with E-state index in [2.05, 4.69) is 9.97 Å². The molecule has 2 aliphatic rings. The van der Waals surface area contributed by atoms with Crippen molar-refractivity contribution in [3.63, 3.8) is 0 Å². The number of H-pyrrole nitrogens is 1. The lowest BCUT2D eigenvalue weighted by molar-refractivity contribution is -0.0967. The van der Waals surface area contributed by atoms with E-state index in [0.717, 1.165) is 17.7 Å². The van der Waals surface area contributed by atoms with E-state index in [4.69, 9.17) is 9.72 Å². The van der Waals surface area contributed by atoms with Gasteiger partial charge in [0.2, 0.25) is 11.5 Å². The summed E-state index contributed by atoms with van der Waals surface area (Å²) in [7, 11) is 3.84. The van der Waals surface area contributed by atoms with Crippen molar-refractivity contribution in [2.75, 3.05) is 38.7 Å². The van der Waals surface area contributed by atoms with Crippen LogP contribution in [0, 0.1) is 0 Å². The highest BCUT2D eigenvalue weighted by Crippen LogP contribution is 2.40. The molecule has 1 N–H and O–H groups in total. The van der Waals surface area contributed by atoms with E-state index in [-0.39, 0.29) is 11.5 Å². The maximum Gasteiger partial charge on any atom is 0.254 e. The zero-order valence-corrected chi connectivity index (χ0v) is 15.6. The number of nitrogens with one attached hydrogen (secondary N) is 1. The molecule has 2 aromatic heterocycles. The molecule has 0 radical (unpaired) electrons. The fraction of sp³-hybridized carbons (Fsp3) is 0.474. The minimum Gasteiger partial charge on any atom is -0.368 e. The fourth-order valence-corrected chi connectivity index (χ4v) is 3.83. The predicted octanol–water partition coefficient (Wildman–Crippen LogP) is 0.935. The molecular weight excluding hydrogens is 346 g/mol. The van der Waals surface area contributed by atoms with E-state index >= 15 is 0 Å². The van der Waals surface area contributed by atoms with Crippen molar-refractivity contribution in [3.8, 4) is 0 Å². The molecule has 4 rings (SSSR count). The maximum atomic E-state index is 12.7. The Balaban J connectivity index is 1.56. The standard InChI is InChI=1S/C19H23N5O3/c1-23(2)18-21-12-14-4-10-27-19(16(14)22-18)5-8-24(9-6-19)17(26)13-3-7-20-15(25)11-13/h3,7,11-12H,4-6,8-10H2,1-2H3,(H,20,25). The highest BCUT2D eigenvalue weighted by Gasteiger charge is 2.43. The minimum atomic E-state index is -0.466. The first kappa shape index (κ1) is 17.7. The van der Waals surface area contributed by atoms with Crippen LogP contribution in [0.4, 0.5) is 5.95 Å². The van der Waals surface area contributed by atoms with Gasteiger partial charge in [-0.05, 0) is 30.9 Å². The summed E-state index contributed by atoms with van der Waals surface area (Å²) < 4.78 is 6.22. The number of likely N-dealkylation sites (tertiary alicyclic amines) is 1. The molecule has 1 amide bonds. The first-order valence-corrected chi connectivity index (χ1v) is 9.14. The number of aromatic amines is 1. The molecule has 8 nitrogen and oxygen atoms in total. The lowest BCUT2D eigenvalue weighted by Gasteiger charge is -2.44. The van der Waals surface area contributed by atoms with E-state index in [1.54, 1.807) is 11.0 Å². The number of nitrogens with zero attached hydrogens (tertiary/aromatic N) is 4. The third kappa shape index (κ3) is 3.21. The number of hydrogen-bond acceptors (Lipinski definition) is 6. The van der Waals surface area contributed by atoms with Crippen LogP contribution >= 0.6 is 0 Å². The van der Waals surface area contributed by atoms with Crippen molar-refractivity contribution >= 4 is 11.9 Å². The zero-order chi connectivity index (χ0) is 19.0. The smallest absolute Gasteiger partial charge is 0.254 e. The van der Waals surface area contributed by atoms with E-state index in [9.17, 15) is 9.59 Å². The molecule has 27 heavy (non-hydrogen) atoms. The molecular formula is C19H23N5O3. The van der Waals surface area contributed by atoms with E-state index in [0.29, 0.717) is 44.0 Å². The average molecular weight is 369 g/mol. The highest BCUT2D eigenvalue weighted by molar-refractivity contribution is 5.94. The van der Waals surface area contributed by atoms with Gasteiger partial charge in [0.05, 0.1) is 12.3 Å². The summed E-state index contributed by atoms with van der Waals surface area (Å²) >= 11 is 0. The Morgan fingerprint density at radius 2 is 2.11 bits per heavy atom. The lowest BCUT2D eigenvalue weighted by atomic mass is 9.83. The van der Waals surface area contributed by atoms with Crippen LogP contribution in [0.25, 0.3) is 0 Å². The third-order valence-corrected chi connectivity index (χ3v) is 5.31.